The number of nitrogens with zero attached hydrogens (tertiary/aromatic N) is 4. The fraction of sp³-hybridized carbons (Fsp3) is 0.896. The molecule has 4 heterocycles. The van der Waals surface area contributed by atoms with Crippen LogP contribution in [0.25, 0.3) is 0 Å². The molecule has 384 valence electrons. The quantitative estimate of drug-likeness (QED) is 0.249. The van der Waals surface area contributed by atoms with E-state index in [9.17, 15) is 24.0 Å². The minimum absolute atomic E-state index is 0. The molecule has 6 fully saturated rings. The van der Waals surface area contributed by atoms with Crippen molar-refractivity contribution < 1.29 is 51.8 Å². The molecule has 17 heteroatoms. The number of carbonyl (C=O) groups is 5. The first kappa shape index (κ1) is 64.8. The Kier molecular flexibility index (Phi) is 31.8. The van der Waals surface area contributed by atoms with E-state index in [1.807, 2.05) is 81.4 Å². The second-order valence-corrected chi connectivity index (χ2v) is 36.6. The van der Waals surface area contributed by atoms with Crippen molar-refractivity contribution in [3.05, 3.63) is 0 Å². The Labute approximate surface area is 441 Å². The van der Waals surface area contributed by atoms with E-state index in [2.05, 4.69) is 52.3 Å². The Morgan fingerprint density at radius 2 is 0.923 bits per heavy atom. The molecule has 9 atom stereocenters. The molecule has 0 aromatic rings. The molecule has 0 aromatic carbocycles. The summed E-state index contributed by atoms with van der Waals surface area (Å²) in [5.41, 5.74) is -0.865. The van der Waals surface area contributed by atoms with Crippen LogP contribution in [0.3, 0.4) is 0 Å². The normalized spacial score (nSPS) is 27.4. The summed E-state index contributed by atoms with van der Waals surface area (Å²) in [7, 11) is 5.77. The molecule has 3 unspecified atom stereocenters. The van der Waals surface area contributed by atoms with Gasteiger partial charge in [-0.1, -0.05) is 47.5 Å². The number of ether oxygens (including phenoxy) is 2. The summed E-state index contributed by atoms with van der Waals surface area (Å²) in [5.74, 6) is 1.55. The fourth-order valence-corrected chi connectivity index (χ4v) is 10.4. The first-order chi connectivity index (χ1) is 29.5. The molecule has 6 aliphatic rings. The van der Waals surface area contributed by atoms with Gasteiger partial charge in [0.1, 0.15) is 11.2 Å². The number of nitrogens with one attached hydrogen (secondary N) is 1. The number of hydrogen-bond acceptors (Lipinski definition) is 8. The molecule has 6 bridgehead atoms. The maximum atomic E-state index is 12.3. The van der Waals surface area contributed by atoms with Crippen LogP contribution in [0.4, 0.5) is 9.59 Å². The van der Waals surface area contributed by atoms with Gasteiger partial charge in [-0.2, -0.15) is 0 Å². The first-order valence-corrected chi connectivity index (χ1v) is 36.4. The Balaban J connectivity index is 0.000000869. The van der Waals surface area contributed by atoms with E-state index in [0.29, 0.717) is 56.2 Å². The molecule has 4 saturated heterocycles. The van der Waals surface area contributed by atoms with Crippen molar-refractivity contribution in [2.24, 2.45) is 11.8 Å². The number of carboxylic acid groups (broad SMARTS) is 1. The van der Waals surface area contributed by atoms with Crippen LogP contribution in [0.5, 0.6) is 0 Å². The number of carboxylic acids is 1. The van der Waals surface area contributed by atoms with Gasteiger partial charge in [-0.15, -0.1) is 24.0 Å². The molecular weight excluding hydrogens is 1280 g/mol. The number of hydrogen-bond donors (Lipinski definition) is 2. The van der Waals surface area contributed by atoms with Crippen molar-refractivity contribution in [1.29, 1.82) is 0 Å². The minimum atomic E-state index is -0.745. The topological polar surface area (TPSA) is 149 Å². The Morgan fingerprint density at radius 1 is 0.615 bits per heavy atom. The van der Waals surface area contributed by atoms with E-state index < -0.39 is 17.2 Å². The van der Waals surface area contributed by atoms with Crippen LogP contribution >= 0.6 is 61.2 Å². The van der Waals surface area contributed by atoms with Gasteiger partial charge in [0, 0.05) is 75.7 Å². The number of piperidine rings is 4. The van der Waals surface area contributed by atoms with Crippen molar-refractivity contribution in [2.75, 3.05) is 21.1 Å². The number of rotatable bonds is 6. The van der Waals surface area contributed by atoms with Gasteiger partial charge in [0.05, 0.1) is 0 Å². The van der Waals surface area contributed by atoms with E-state index in [-0.39, 0.29) is 74.0 Å². The van der Waals surface area contributed by atoms with Crippen LogP contribution in [0.15, 0.2) is 0 Å². The number of fused-ring (bicyclic) bond motifs is 6. The number of carbonyl (C=O) groups excluding carboxylic acids is 4. The summed E-state index contributed by atoms with van der Waals surface area (Å²) in [5, 5.41) is 11.1. The van der Waals surface area contributed by atoms with Gasteiger partial charge in [0.15, 0.2) is 0 Å². The molecular formula is C48H90I4N5O8-. The molecule has 0 radical (unpaired) electrons. The third kappa shape index (κ3) is 22.6. The predicted molar refractivity (Wildman–Crippen MR) is 287 cm³/mol. The van der Waals surface area contributed by atoms with E-state index in [0.717, 1.165) is 50.4 Å². The molecule has 2 N–H and O–H groups in total. The zero-order valence-electron chi connectivity index (χ0n) is 41.3. The molecule has 0 aromatic heterocycles. The first-order valence-electron chi connectivity index (χ1n) is 23.8. The van der Waals surface area contributed by atoms with Gasteiger partial charge in [-0.3, -0.25) is 14.4 Å². The van der Waals surface area contributed by atoms with Crippen LogP contribution in [0.1, 0.15) is 192 Å². The maximum absolute atomic E-state index is 12.3. The Bertz CT molecular complexity index is 1390. The summed E-state index contributed by atoms with van der Waals surface area (Å²) in [4.78, 5) is 65.7. The number of amides is 4. The van der Waals surface area contributed by atoms with Crippen LogP contribution in [-0.2, 0) is 23.9 Å². The second kappa shape index (κ2) is 31.9. The number of aliphatic carboxylic acids is 1. The summed E-state index contributed by atoms with van der Waals surface area (Å²) in [6.45, 7) is 16.9. The molecule has 2 saturated carbocycles. The van der Waals surface area contributed by atoms with Gasteiger partial charge in [0.2, 0.25) is 11.8 Å². The van der Waals surface area contributed by atoms with Crippen LogP contribution in [0, 0.1) is 11.8 Å². The third-order valence-corrected chi connectivity index (χ3v) is 13.4. The van der Waals surface area contributed by atoms with Crippen molar-refractivity contribution >= 4 is 91.2 Å². The van der Waals surface area contributed by atoms with Crippen molar-refractivity contribution in [3.8, 4) is 0 Å². The van der Waals surface area contributed by atoms with Crippen molar-refractivity contribution in [1.82, 2.24) is 24.9 Å². The Morgan fingerprint density at radius 3 is 1.22 bits per heavy atom. The average Bonchev–Trinajstić information content (AvgIpc) is 3.21. The second-order valence-electron chi connectivity index (χ2n) is 20.4. The predicted octanol–water partition coefficient (Wildman–Crippen LogP) is 9.04. The average molecular weight is 1370 g/mol. The van der Waals surface area contributed by atoms with E-state index in [1.165, 1.54) is 64.2 Å². The van der Waals surface area contributed by atoms with E-state index >= 15 is 0 Å². The molecule has 4 aliphatic heterocycles. The standard InChI is InChI=1S/C17H30N2O3.C15H27NO2.C12H22N2O.C3H6O2.CH4.I3.HI/c1-6-15(20)19-12-8-7-9-13(19)11-14(10-12)18(5)16(21)22-17(2,3)4;1-15(2,3)18-14(17)16(4)13-9-11-6-5-7-12(8-11)10-13;1-3-12(15)14-10-5-4-6-11(14)8-9(7-10)13-2;1-2-3(4)5;;1-3-2;/h12-14H,6-11H2,1-5H3;11-13H,5-10H2,1-4H3;9-11,13H,3-8H2,1-2H3;2H2,1H3,(H,4,5);1H4;;1H/q;;;;;-1;/t12-,13+,14?;11-,12+,13?;9?,10-,11+;;;;. The SMILES string of the molecule is C.CCC(=O)N1[C@@H]2CCC[C@H]1CC(N(C)C(=O)OC(C)(C)C)C2.CCC(=O)N1[C@@H]2CCC[C@H]1CC(NC)C2.CCC(=O)O.CN(C(=O)OC(C)(C)C)C1C[C@H]2CCC[C@@H](C1)C2.I.I[I-]I. The molecule has 4 amide bonds. The Hall–Kier alpha value is -0.170. The van der Waals surface area contributed by atoms with Gasteiger partial charge in [-0.25, -0.2) is 9.59 Å². The van der Waals surface area contributed by atoms with Gasteiger partial charge >= 0.3 is 68.6 Å². The van der Waals surface area contributed by atoms with Gasteiger partial charge < -0.3 is 39.5 Å². The summed E-state index contributed by atoms with van der Waals surface area (Å²) in [6.07, 6.45) is 19.9. The van der Waals surface area contributed by atoms with Crippen molar-refractivity contribution in [3.63, 3.8) is 0 Å². The van der Waals surface area contributed by atoms with Gasteiger partial charge in [-0.05, 0) is 144 Å². The van der Waals surface area contributed by atoms with E-state index in [1.54, 1.807) is 11.8 Å². The molecule has 65 heavy (non-hydrogen) atoms. The van der Waals surface area contributed by atoms with E-state index in [4.69, 9.17) is 14.6 Å². The van der Waals surface area contributed by atoms with Crippen LogP contribution < -0.4 is 18.6 Å². The van der Waals surface area contributed by atoms with Crippen molar-refractivity contribution in [2.45, 2.75) is 245 Å². The summed E-state index contributed by atoms with van der Waals surface area (Å²) < 4.78 is 10.9. The van der Waals surface area contributed by atoms with Crippen LogP contribution in [0.2, 0.25) is 0 Å². The third-order valence-electron chi connectivity index (χ3n) is 13.4. The monoisotopic (exact) mass is 1370 g/mol. The number of halogens is 4. The molecule has 13 nitrogen and oxygen atoms in total. The summed E-state index contributed by atoms with van der Waals surface area (Å²) >= 11 is 5.30. The molecule has 6 rings (SSSR count). The van der Waals surface area contributed by atoms with Gasteiger partial charge in [0.25, 0.3) is 0 Å². The summed E-state index contributed by atoms with van der Waals surface area (Å²) in [6, 6.07) is 2.80. The zero-order valence-corrected chi connectivity index (χ0v) is 50.1. The zero-order chi connectivity index (χ0) is 47.7. The molecule has 2 aliphatic carbocycles. The fourth-order valence-electron chi connectivity index (χ4n) is 10.4. The molecule has 0 spiro atoms. The van der Waals surface area contributed by atoms with Crippen LogP contribution in [-0.4, -0.2) is 129 Å².